The molecule has 0 fully saturated rings. The highest BCUT2D eigenvalue weighted by atomic mass is 16.5. The lowest BCUT2D eigenvalue weighted by atomic mass is 10.0. The van der Waals surface area contributed by atoms with E-state index in [0.717, 1.165) is 5.56 Å². The Bertz CT molecular complexity index is 357. The number of benzene rings is 1. The molecular formula is C10H13N3O. The van der Waals surface area contributed by atoms with E-state index in [2.05, 4.69) is 0 Å². The Kier molecular flexibility index (Phi) is 3.32. The molecule has 1 aromatic carbocycles. The maximum Gasteiger partial charge on any atom is 0.141 e. The van der Waals surface area contributed by atoms with Gasteiger partial charge >= 0.3 is 0 Å². The monoisotopic (exact) mass is 191 g/mol. The van der Waals surface area contributed by atoms with Crippen LogP contribution >= 0.6 is 0 Å². The molecule has 0 spiro atoms. The number of nitrogens with two attached hydrogens (primary N) is 2. The second-order valence-electron chi connectivity index (χ2n) is 2.97. The van der Waals surface area contributed by atoms with Gasteiger partial charge in [-0.3, -0.25) is 0 Å². The lowest BCUT2D eigenvalue weighted by Crippen LogP contribution is -2.09. The van der Waals surface area contributed by atoms with Crippen LogP contribution in [0.2, 0.25) is 0 Å². The third-order valence-corrected chi connectivity index (χ3v) is 1.99. The van der Waals surface area contributed by atoms with Crippen LogP contribution in [0, 0.1) is 11.3 Å². The summed E-state index contributed by atoms with van der Waals surface area (Å²) < 4.78 is 5.01. The first kappa shape index (κ1) is 10.4. The molecule has 4 nitrogen and oxygen atoms in total. The van der Waals surface area contributed by atoms with Gasteiger partial charge in [-0.15, -0.1) is 0 Å². The van der Waals surface area contributed by atoms with Crippen LogP contribution in [0.5, 0.6) is 5.75 Å². The number of rotatable bonds is 3. The zero-order chi connectivity index (χ0) is 10.6. The number of anilines is 1. The molecule has 0 aliphatic heterocycles. The minimum absolute atomic E-state index is 0.284. The van der Waals surface area contributed by atoms with E-state index in [1.165, 1.54) is 0 Å². The van der Waals surface area contributed by atoms with Crippen molar-refractivity contribution in [2.45, 2.75) is 12.5 Å². The summed E-state index contributed by atoms with van der Waals surface area (Å²) in [5.41, 5.74) is 12.8. The molecule has 0 unspecified atom stereocenters. The number of nitrogens with zero attached hydrogens (tertiary/aromatic N) is 1. The van der Waals surface area contributed by atoms with E-state index in [1.807, 2.05) is 12.1 Å². The van der Waals surface area contributed by atoms with Crippen molar-refractivity contribution in [3.63, 3.8) is 0 Å². The molecule has 1 aromatic rings. The summed E-state index contributed by atoms with van der Waals surface area (Å²) in [5, 5.41) is 8.48. The first-order chi connectivity index (χ1) is 6.69. The predicted molar refractivity (Wildman–Crippen MR) is 54.6 cm³/mol. The minimum Gasteiger partial charge on any atom is -0.495 e. The molecule has 1 rings (SSSR count). The van der Waals surface area contributed by atoms with Crippen LogP contribution in [0.4, 0.5) is 5.69 Å². The highest BCUT2D eigenvalue weighted by Gasteiger charge is 2.07. The number of hydrogen-bond donors (Lipinski definition) is 2. The van der Waals surface area contributed by atoms with Crippen LogP contribution in [0.25, 0.3) is 0 Å². The van der Waals surface area contributed by atoms with E-state index in [1.54, 1.807) is 19.2 Å². The van der Waals surface area contributed by atoms with Crippen molar-refractivity contribution in [2.24, 2.45) is 5.73 Å². The molecule has 1 atom stereocenters. The first-order valence-electron chi connectivity index (χ1n) is 4.25. The largest absolute Gasteiger partial charge is 0.495 e. The maximum atomic E-state index is 8.48. The number of hydrogen-bond acceptors (Lipinski definition) is 4. The third kappa shape index (κ3) is 2.15. The summed E-state index contributed by atoms with van der Waals surface area (Å²) in [6.07, 6.45) is 0.284. The minimum atomic E-state index is -0.284. The second-order valence-corrected chi connectivity index (χ2v) is 2.97. The molecule has 74 valence electrons. The Labute approximate surface area is 83.1 Å². The summed E-state index contributed by atoms with van der Waals surface area (Å²) >= 11 is 0. The molecule has 4 N–H and O–H groups in total. The SMILES string of the molecule is COc1ccc([C@H](N)CC#N)cc1N. The Hall–Kier alpha value is -1.73. The van der Waals surface area contributed by atoms with Gasteiger partial charge in [-0.1, -0.05) is 6.07 Å². The van der Waals surface area contributed by atoms with Gasteiger partial charge in [0.25, 0.3) is 0 Å². The maximum absolute atomic E-state index is 8.48. The summed E-state index contributed by atoms with van der Waals surface area (Å²) in [5.74, 6) is 0.623. The van der Waals surface area contributed by atoms with E-state index >= 15 is 0 Å². The van der Waals surface area contributed by atoms with Gasteiger partial charge in [0, 0.05) is 6.04 Å². The van der Waals surface area contributed by atoms with Gasteiger partial charge in [0.2, 0.25) is 0 Å². The smallest absolute Gasteiger partial charge is 0.141 e. The number of nitrogen functional groups attached to an aromatic ring is 1. The molecule has 0 bridgehead atoms. The summed E-state index contributed by atoms with van der Waals surface area (Å²) in [4.78, 5) is 0. The Morgan fingerprint density at radius 2 is 2.29 bits per heavy atom. The summed E-state index contributed by atoms with van der Waals surface area (Å²) in [6.45, 7) is 0. The molecule has 0 aromatic heterocycles. The van der Waals surface area contributed by atoms with E-state index in [-0.39, 0.29) is 12.5 Å². The van der Waals surface area contributed by atoms with Gasteiger partial charge < -0.3 is 16.2 Å². The van der Waals surface area contributed by atoms with Gasteiger partial charge in [0.15, 0.2) is 0 Å². The van der Waals surface area contributed by atoms with Crippen molar-refractivity contribution in [1.29, 1.82) is 5.26 Å². The van der Waals surface area contributed by atoms with E-state index in [4.69, 9.17) is 21.5 Å². The normalized spacial score (nSPS) is 11.8. The fourth-order valence-electron chi connectivity index (χ4n) is 1.20. The van der Waals surface area contributed by atoms with Crippen molar-refractivity contribution < 1.29 is 4.74 Å². The molecule has 0 saturated heterocycles. The fraction of sp³-hybridized carbons (Fsp3) is 0.300. The third-order valence-electron chi connectivity index (χ3n) is 1.99. The fourth-order valence-corrected chi connectivity index (χ4v) is 1.20. The lowest BCUT2D eigenvalue weighted by Gasteiger charge is -2.10. The van der Waals surface area contributed by atoms with Crippen molar-refractivity contribution in [1.82, 2.24) is 0 Å². The lowest BCUT2D eigenvalue weighted by molar-refractivity contribution is 0.416. The Morgan fingerprint density at radius 1 is 1.57 bits per heavy atom. The van der Waals surface area contributed by atoms with Gasteiger partial charge in [-0.2, -0.15) is 5.26 Å². The molecule has 0 heterocycles. The van der Waals surface area contributed by atoms with Crippen LogP contribution in [0.15, 0.2) is 18.2 Å². The van der Waals surface area contributed by atoms with Gasteiger partial charge in [-0.25, -0.2) is 0 Å². The van der Waals surface area contributed by atoms with E-state index < -0.39 is 0 Å². The van der Waals surface area contributed by atoms with Crippen LogP contribution < -0.4 is 16.2 Å². The predicted octanol–water partition coefficient (Wildman–Crippen LogP) is 1.19. The zero-order valence-electron chi connectivity index (χ0n) is 8.03. The van der Waals surface area contributed by atoms with Crippen LogP contribution in [0.1, 0.15) is 18.0 Å². The molecular weight excluding hydrogens is 178 g/mol. The second kappa shape index (κ2) is 4.49. The summed E-state index contributed by atoms with van der Waals surface area (Å²) in [7, 11) is 1.56. The standard InChI is InChI=1S/C10H13N3O/c1-14-10-3-2-7(6-9(10)13)8(12)4-5-11/h2-3,6,8H,4,12-13H2,1H3/t8-/m1/s1. The van der Waals surface area contributed by atoms with Crippen LogP contribution in [-0.2, 0) is 0 Å². The molecule has 0 radical (unpaired) electrons. The number of methoxy groups -OCH3 is 1. The topological polar surface area (TPSA) is 85.1 Å². The quantitative estimate of drug-likeness (QED) is 0.703. The van der Waals surface area contributed by atoms with Crippen molar-refractivity contribution in [3.8, 4) is 11.8 Å². The molecule has 14 heavy (non-hydrogen) atoms. The molecule has 0 aliphatic rings. The van der Waals surface area contributed by atoms with E-state index in [9.17, 15) is 0 Å². The van der Waals surface area contributed by atoms with Crippen LogP contribution in [-0.4, -0.2) is 7.11 Å². The number of ether oxygens (including phenoxy) is 1. The van der Waals surface area contributed by atoms with Crippen molar-refractivity contribution >= 4 is 5.69 Å². The molecule has 0 amide bonds. The van der Waals surface area contributed by atoms with Crippen molar-refractivity contribution in [3.05, 3.63) is 23.8 Å². The van der Waals surface area contributed by atoms with Gasteiger partial charge in [0.1, 0.15) is 5.75 Å². The van der Waals surface area contributed by atoms with E-state index in [0.29, 0.717) is 11.4 Å². The average Bonchev–Trinajstić information content (AvgIpc) is 2.18. The molecule has 0 aliphatic carbocycles. The average molecular weight is 191 g/mol. The molecule has 0 saturated carbocycles. The highest BCUT2D eigenvalue weighted by Crippen LogP contribution is 2.25. The zero-order valence-corrected chi connectivity index (χ0v) is 8.03. The number of nitriles is 1. The Morgan fingerprint density at radius 3 is 2.79 bits per heavy atom. The van der Waals surface area contributed by atoms with Gasteiger partial charge in [0.05, 0.1) is 25.3 Å². The van der Waals surface area contributed by atoms with Gasteiger partial charge in [-0.05, 0) is 17.7 Å². The Balaban J connectivity index is 2.92. The van der Waals surface area contributed by atoms with Crippen molar-refractivity contribution in [2.75, 3.05) is 12.8 Å². The first-order valence-corrected chi connectivity index (χ1v) is 4.25. The van der Waals surface area contributed by atoms with Crippen LogP contribution in [0.3, 0.4) is 0 Å². The highest BCUT2D eigenvalue weighted by molar-refractivity contribution is 5.54. The molecule has 4 heteroatoms. The summed E-state index contributed by atoms with van der Waals surface area (Å²) in [6, 6.07) is 7.04.